The summed E-state index contributed by atoms with van der Waals surface area (Å²) in [5.41, 5.74) is 3.72. The second-order valence-corrected chi connectivity index (χ2v) is 5.01. The second kappa shape index (κ2) is 5.26. The van der Waals surface area contributed by atoms with Crippen LogP contribution < -0.4 is 0 Å². The minimum absolute atomic E-state index is 0.335. The molecule has 0 spiro atoms. The number of pyridine rings is 1. The standard InChI is InChI=1S/C14H14BrN/c1-11-5-4-6-12(9-11)14(15)10-13-7-2-3-8-16-13/h2-9,14H,10H2,1H3. The highest BCUT2D eigenvalue weighted by Crippen LogP contribution is 2.26. The molecule has 0 saturated carbocycles. The zero-order valence-corrected chi connectivity index (χ0v) is 10.8. The minimum Gasteiger partial charge on any atom is -0.261 e. The van der Waals surface area contributed by atoms with Gasteiger partial charge in [0.05, 0.1) is 0 Å². The van der Waals surface area contributed by atoms with Crippen LogP contribution in [0.4, 0.5) is 0 Å². The Morgan fingerprint density at radius 2 is 2.06 bits per heavy atom. The third-order valence-corrected chi connectivity index (χ3v) is 3.37. The van der Waals surface area contributed by atoms with Crippen molar-refractivity contribution in [2.45, 2.75) is 18.2 Å². The van der Waals surface area contributed by atoms with Crippen LogP contribution in [0.1, 0.15) is 21.6 Å². The summed E-state index contributed by atoms with van der Waals surface area (Å²) >= 11 is 3.72. The van der Waals surface area contributed by atoms with E-state index in [9.17, 15) is 0 Å². The van der Waals surface area contributed by atoms with Gasteiger partial charge in [-0.15, -0.1) is 0 Å². The molecule has 0 aliphatic heterocycles. The lowest BCUT2D eigenvalue weighted by atomic mass is 10.1. The number of rotatable bonds is 3. The average Bonchev–Trinajstić information content (AvgIpc) is 2.30. The van der Waals surface area contributed by atoms with E-state index in [1.165, 1.54) is 11.1 Å². The first-order valence-corrected chi connectivity index (χ1v) is 6.28. The molecule has 82 valence electrons. The molecule has 0 N–H and O–H groups in total. The molecule has 16 heavy (non-hydrogen) atoms. The van der Waals surface area contributed by atoms with Gasteiger partial charge in [0.25, 0.3) is 0 Å². The average molecular weight is 276 g/mol. The van der Waals surface area contributed by atoms with E-state index in [0.717, 1.165) is 12.1 Å². The first kappa shape index (κ1) is 11.3. The Kier molecular flexibility index (Phi) is 3.73. The van der Waals surface area contributed by atoms with E-state index in [-0.39, 0.29) is 0 Å². The highest BCUT2D eigenvalue weighted by atomic mass is 79.9. The SMILES string of the molecule is Cc1cccc(C(Br)Cc2ccccn2)c1. The summed E-state index contributed by atoms with van der Waals surface area (Å²) in [6, 6.07) is 14.6. The molecule has 2 heteroatoms. The summed E-state index contributed by atoms with van der Waals surface area (Å²) in [6.45, 7) is 2.12. The Bertz CT molecular complexity index is 453. The van der Waals surface area contributed by atoms with E-state index in [2.05, 4.69) is 58.2 Å². The summed E-state index contributed by atoms with van der Waals surface area (Å²) in [4.78, 5) is 4.67. The van der Waals surface area contributed by atoms with E-state index in [1.807, 2.05) is 18.3 Å². The molecule has 0 aliphatic rings. The molecule has 0 fully saturated rings. The first-order valence-electron chi connectivity index (χ1n) is 5.36. The van der Waals surface area contributed by atoms with E-state index in [1.54, 1.807) is 0 Å². The van der Waals surface area contributed by atoms with Gasteiger partial charge in [-0.2, -0.15) is 0 Å². The maximum Gasteiger partial charge on any atom is 0.0450 e. The Morgan fingerprint density at radius 1 is 1.19 bits per heavy atom. The zero-order valence-electron chi connectivity index (χ0n) is 9.23. The van der Waals surface area contributed by atoms with Crippen molar-refractivity contribution < 1.29 is 0 Å². The summed E-state index contributed by atoms with van der Waals surface area (Å²) in [7, 11) is 0. The van der Waals surface area contributed by atoms with Crippen LogP contribution in [0.5, 0.6) is 0 Å². The van der Waals surface area contributed by atoms with Gasteiger partial charge in [0.15, 0.2) is 0 Å². The quantitative estimate of drug-likeness (QED) is 0.770. The number of benzene rings is 1. The van der Waals surface area contributed by atoms with Crippen LogP contribution in [0.3, 0.4) is 0 Å². The van der Waals surface area contributed by atoms with Crippen LogP contribution in [0.15, 0.2) is 48.7 Å². The Balaban J connectivity index is 2.12. The lowest BCUT2D eigenvalue weighted by Gasteiger charge is -2.10. The molecule has 0 radical (unpaired) electrons. The molecule has 1 heterocycles. The Hall–Kier alpha value is -1.15. The molecule has 1 atom stereocenters. The van der Waals surface area contributed by atoms with Crippen LogP contribution in [0.25, 0.3) is 0 Å². The maximum absolute atomic E-state index is 4.34. The van der Waals surface area contributed by atoms with Crippen molar-refractivity contribution in [3.05, 3.63) is 65.5 Å². The third kappa shape index (κ3) is 2.92. The van der Waals surface area contributed by atoms with Crippen LogP contribution in [-0.4, -0.2) is 4.98 Å². The summed E-state index contributed by atoms with van der Waals surface area (Å²) < 4.78 is 0. The van der Waals surface area contributed by atoms with Gasteiger partial charge in [0.1, 0.15) is 0 Å². The second-order valence-electron chi connectivity index (χ2n) is 3.91. The van der Waals surface area contributed by atoms with Crippen LogP contribution in [0.2, 0.25) is 0 Å². The molecule has 2 aromatic rings. The molecular weight excluding hydrogens is 262 g/mol. The molecule has 1 unspecified atom stereocenters. The molecule has 0 aliphatic carbocycles. The Morgan fingerprint density at radius 3 is 2.75 bits per heavy atom. The number of nitrogens with zero attached hydrogens (tertiary/aromatic N) is 1. The lowest BCUT2D eigenvalue weighted by Crippen LogP contribution is -1.97. The van der Waals surface area contributed by atoms with Gasteiger partial charge in [-0.1, -0.05) is 51.8 Å². The normalized spacial score (nSPS) is 12.4. The van der Waals surface area contributed by atoms with Crippen molar-refractivity contribution in [1.82, 2.24) is 4.98 Å². The molecule has 0 saturated heterocycles. The predicted molar refractivity (Wildman–Crippen MR) is 70.8 cm³/mol. The summed E-state index contributed by atoms with van der Waals surface area (Å²) in [5, 5.41) is 0. The molecular formula is C14H14BrN. The predicted octanol–water partition coefficient (Wildman–Crippen LogP) is 4.07. The van der Waals surface area contributed by atoms with Gasteiger partial charge in [0.2, 0.25) is 0 Å². The van der Waals surface area contributed by atoms with E-state index >= 15 is 0 Å². The fraction of sp³-hybridized carbons (Fsp3) is 0.214. The van der Waals surface area contributed by atoms with Crippen molar-refractivity contribution in [3.63, 3.8) is 0 Å². The number of alkyl halides is 1. The molecule has 0 amide bonds. The third-order valence-electron chi connectivity index (χ3n) is 2.52. The van der Waals surface area contributed by atoms with Crippen molar-refractivity contribution in [1.29, 1.82) is 0 Å². The number of aryl methyl sites for hydroxylation is 1. The number of halogens is 1. The molecule has 1 nitrogen and oxygen atoms in total. The molecule has 1 aromatic carbocycles. The van der Waals surface area contributed by atoms with Crippen molar-refractivity contribution in [2.24, 2.45) is 0 Å². The molecule has 0 bridgehead atoms. The fourth-order valence-electron chi connectivity index (χ4n) is 1.69. The largest absolute Gasteiger partial charge is 0.261 e. The first-order chi connectivity index (χ1) is 7.75. The van der Waals surface area contributed by atoms with E-state index < -0.39 is 0 Å². The number of hydrogen-bond acceptors (Lipinski definition) is 1. The maximum atomic E-state index is 4.34. The lowest BCUT2D eigenvalue weighted by molar-refractivity contribution is 0.903. The van der Waals surface area contributed by atoms with Crippen molar-refractivity contribution in [3.8, 4) is 0 Å². The monoisotopic (exact) mass is 275 g/mol. The topological polar surface area (TPSA) is 12.9 Å². The minimum atomic E-state index is 0.335. The molecule has 2 rings (SSSR count). The van der Waals surface area contributed by atoms with Gasteiger partial charge in [0, 0.05) is 23.1 Å². The number of hydrogen-bond donors (Lipinski definition) is 0. The van der Waals surface area contributed by atoms with Gasteiger partial charge in [-0.3, -0.25) is 4.98 Å². The molecule has 1 aromatic heterocycles. The summed E-state index contributed by atoms with van der Waals surface area (Å²) in [5.74, 6) is 0. The highest BCUT2D eigenvalue weighted by Gasteiger charge is 2.08. The van der Waals surface area contributed by atoms with Crippen LogP contribution in [-0.2, 0) is 6.42 Å². The van der Waals surface area contributed by atoms with Gasteiger partial charge in [-0.25, -0.2) is 0 Å². The van der Waals surface area contributed by atoms with E-state index in [0.29, 0.717) is 4.83 Å². The number of aromatic nitrogens is 1. The smallest absolute Gasteiger partial charge is 0.0450 e. The van der Waals surface area contributed by atoms with Gasteiger partial charge in [-0.05, 0) is 24.6 Å². The summed E-state index contributed by atoms with van der Waals surface area (Å²) in [6.07, 6.45) is 2.76. The van der Waals surface area contributed by atoms with Crippen LogP contribution in [0, 0.1) is 6.92 Å². The fourth-order valence-corrected chi connectivity index (χ4v) is 2.30. The van der Waals surface area contributed by atoms with Crippen molar-refractivity contribution >= 4 is 15.9 Å². The van der Waals surface area contributed by atoms with Gasteiger partial charge >= 0.3 is 0 Å². The van der Waals surface area contributed by atoms with E-state index in [4.69, 9.17) is 0 Å². The van der Waals surface area contributed by atoms with Crippen molar-refractivity contribution in [2.75, 3.05) is 0 Å². The van der Waals surface area contributed by atoms with Crippen LogP contribution >= 0.6 is 15.9 Å². The highest BCUT2D eigenvalue weighted by molar-refractivity contribution is 9.09. The zero-order chi connectivity index (χ0) is 11.4. The van der Waals surface area contributed by atoms with Gasteiger partial charge < -0.3 is 0 Å². The Labute approximate surface area is 105 Å².